The number of hydrogen-bond donors (Lipinski definition) is 2. The normalized spacial score (nSPS) is 12.2. The van der Waals surface area contributed by atoms with Crippen LogP contribution in [0.1, 0.15) is 18.2 Å². The molecule has 5 heteroatoms. The summed E-state index contributed by atoms with van der Waals surface area (Å²) in [6.07, 6.45) is 0.298. The highest BCUT2D eigenvalue weighted by atomic mass is 32.1. The maximum Gasteiger partial charge on any atom is 0.226 e. The predicted molar refractivity (Wildman–Crippen MR) is 82.7 cm³/mol. The first-order chi connectivity index (χ1) is 9.58. The summed E-state index contributed by atoms with van der Waals surface area (Å²) < 4.78 is 0. The summed E-state index contributed by atoms with van der Waals surface area (Å²) in [6.45, 7) is 4.38. The number of aromatic nitrogens is 1. The molecule has 0 unspecified atom stereocenters. The minimum atomic E-state index is -0.0379. The Morgan fingerprint density at radius 2 is 2.30 bits per heavy atom. The molecule has 2 rings (SSSR count). The van der Waals surface area contributed by atoms with E-state index in [1.807, 2.05) is 24.4 Å². The summed E-state index contributed by atoms with van der Waals surface area (Å²) in [7, 11) is 0. The van der Waals surface area contributed by atoms with Gasteiger partial charge in [-0.3, -0.25) is 4.79 Å². The summed E-state index contributed by atoms with van der Waals surface area (Å²) in [4.78, 5) is 16.3. The van der Waals surface area contributed by atoms with E-state index >= 15 is 0 Å². The van der Waals surface area contributed by atoms with E-state index < -0.39 is 0 Å². The van der Waals surface area contributed by atoms with Gasteiger partial charge in [-0.15, -0.1) is 11.3 Å². The highest BCUT2D eigenvalue weighted by Crippen LogP contribution is 2.24. The Morgan fingerprint density at radius 3 is 3.00 bits per heavy atom. The largest absolute Gasteiger partial charge is 0.352 e. The Hall–Kier alpha value is -1.72. The fraction of sp³-hybridized carbons (Fsp3) is 0.333. The van der Waals surface area contributed by atoms with Crippen molar-refractivity contribution in [3.05, 3.63) is 40.9 Å². The zero-order chi connectivity index (χ0) is 14.5. The van der Waals surface area contributed by atoms with Crippen LogP contribution in [0.25, 0.3) is 10.6 Å². The molecule has 20 heavy (non-hydrogen) atoms. The zero-order valence-corrected chi connectivity index (χ0v) is 12.5. The monoisotopic (exact) mass is 289 g/mol. The van der Waals surface area contributed by atoms with Crippen molar-refractivity contribution in [2.45, 2.75) is 26.3 Å². The molecule has 0 radical (unpaired) electrons. The van der Waals surface area contributed by atoms with Gasteiger partial charge in [-0.25, -0.2) is 4.98 Å². The average molecular weight is 289 g/mol. The third-order valence-electron chi connectivity index (χ3n) is 2.92. The lowest BCUT2D eigenvalue weighted by Gasteiger charge is -2.09. The molecule has 0 aliphatic heterocycles. The van der Waals surface area contributed by atoms with Gasteiger partial charge < -0.3 is 11.1 Å². The summed E-state index contributed by atoms with van der Waals surface area (Å²) in [5.74, 6) is -0.0379. The van der Waals surface area contributed by atoms with Crippen molar-refractivity contribution >= 4 is 17.2 Å². The number of carbonyl (C=O) groups is 1. The van der Waals surface area contributed by atoms with Crippen molar-refractivity contribution in [3.8, 4) is 10.6 Å². The van der Waals surface area contributed by atoms with Crippen LogP contribution >= 0.6 is 11.3 Å². The Labute approximate surface area is 123 Å². The number of nitrogens with one attached hydrogen (secondary N) is 1. The standard InChI is InChI=1S/C15H19N3OS/c1-10-4-3-5-12(6-10)15-18-13(9-20-15)7-14(19)17-11(2)8-16/h3-6,9,11H,7-8,16H2,1-2H3,(H,17,19)/t11-/m0/s1. The molecule has 0 aliphatic carbocycles. The minimum Gasteiger partial charge on any atom is -0.352 e. The van der Waals surface area contributed by atoms with Crippen molar-refractivity contribution in [2.75, 3.05) is 6.54 Å². The van der Waals surface area contributed by atoms with Crippen LogP contribution in [0.3, 0.4) is 0 Å². The number of aryl methyl sites for hydroxylation is 1. The van der Waals surface area contributed by atoms with Crippen LogP contribution < -0.4 is 11.1 Å². The van der Waals surface area contributed by atoms with Crippen molar-refractivity contribution in [3.63, 3.8) is 0 Å². The number of carbonyl (C=O) groups excluding carboxylic acids is 1. The Kier molecular flexibility index (Phi) is 4.87. The van der Waals surface area contributed by atoms with E-state index in [9.17, 15) is 4.79 Å². The lowest BCUT2D eigenvalue weighted by molar-refractivity contribution is -0.121. The van der Waals surface area contributed by atoms with Crippen LogP contribution in [-0.2, 0) is 11.2 Å². The molecule has 1 aromatic heterocycles. The molecule has 106 valence electrons. The van der Waals surface area contributed by atoms with E-state index in [0.29, 0.717) is 13.0 Å². The molecule has 0 bridgehead atoms. The van der Waals surface area contributed by atoms with Gasteiger partial charge in [-0.05, 0) is 19.9 Å². The zero-order valence-electron chi connectivity index (χ0n) is 11.7. The first-order valence-electron chi connectivity index (χ1n) is 6.59. The summed E-state index contributed by atoms with van der Waals surface area (Å²) in [6, 6.07) is 8.20. The van der Waals surface area contributed by atoms with Crippen molar-refractivity contribution in [1.29, 1.82) is 0 Å². The molecule has 0 saturated heterocycles. The Balaban J connectivity index is 2.04. The second-order valence-electron chi connectivity index (χ2n) is 4.89. The first-order valence-corrected chi connectivity index (χ1v) is 7.47. The molecule has 1 heterocycles. The predicted octanol–water partition coefficient (Wildman–Crippen LogP) is 2.12. The maximum atomic E-state index is 11.8. The number of amides is 1. The third-order valence-corrected chi connectivity index (χ3v) is 3.86. The van der Waals surface area contributed by atoms with Crippen molar-refractivity contribution < 1.29 is 4.79 Å². The highest BCUT2D eigenvalue weighted by molar-refractivity contribution is 7.13. The van der Waals surface area contributed by atoms with Crippen LogP contribution in [-0.4, -0.2) is 23.5 Å². The topological polar surface area (TPSA) is 68.0 Å². The lowest BCUT2D eigenvalue weighted by Crippen LogP contribution is -2.38. The second kappa shape index (κ2) is 6.63. The molecular formula is C15H19N3OS. The van der Waals surface area contributed by atoms with Gasteiger partial charge in [0.2, 0.25) is 5.91 Å². The second-order valence-corrected chi connectivity index (χ2v) is 5.75. The Bertz CT molecular complexity index is 594. The van der Waals surface area contributed by atoms with Gasteiger partial charge in [0.15, 0.2) is 0 Å². The van der Waals surface area contributed by atoms with Gasteiger partial charge in [-0.1, -0.05) is 23.8 Å². The molecule has 1 amide bonds. The molecule has 2 aromatic rings. The molecule has 0 aliphatic rings. The van der Waals surface area contributed by atoms with Gasteiger partial charge in [0.25, 0.3) is 0 Å². The number of thiazole rings is 1. The highest BCUT2D eigenvalue weighted by Gasteiger charge is 2.10. The van der Waals surface area contributed by atoms with Crippen molar-refractivity contribution in [2.24, 2.45) is 5.73 Å². The van der Waals surface area contributed by atoms with Gasteiger partial charge in [0, 0.05) is 23.5 Å². The van der Waals surface area contributed by atoms with Crippen molar-refractivity contribution in [1.82, 2.24) is 10.3 Å². The van der Waals surface area contributed by atoms with E-state index in [2.05, 4.69) is 29.4 Å². The molecule has 0 fully saturated rings. The van der Waals surface area contributed by atoms with Crippen LogP contribution in [0.2, 0.25) is 0 Å². The molecule has 0 saturated carbocycles. The molecule has 3 N–H and O–H groups in total. The molecular weight excluding hydrogens is 270 g/mol. The quantitative estimate of drug-likeness (QED) is 0.886. The Morgan fingerprint density at radius 1 is 1.50 bits per heavy atom. The fourth-order valence-electron chi connectivity index (χ4n) is 1.85. The smallest absolute Gasteiger partial charge is 0.226 e. The molecule has 1 aromatic carbocycles. The number of nitrogens with two attached hydrogens (primary N) is 1. The number of hydrogen-bond acceptors (Lipinski definition) is 4. The lowest BCUT2D eigenvalue weighted by atomic mass is 10.1. The van der Waals surface area contributed by atoms with Crippen LogP contribution in [0.4, 0.5) is 0 Å². The van der Waals surface area contributed by atoms with Gasteiger partial charge >= 0.3 is 0 Å². The maximum absolute atomic E-state index is 11.8. The minimum absolute atomic E-state index is 0.00243. The SMILES string of the molecule is Cc1cccc(-c2nc(CC(=O)N[C@@H](C)CN)cs2)c1. The van der Waals surface area contributed by atoms with Gasteiger partial charge in [-0.2, -0.15) is 0 Å². The number of benzene rings is 1. The van der Waals surface area contributed by atoms with E-state index in [1.54, 1.807) is 11.3 Å². The summed E-state index contributed by atoms with van der Waals surface area (Å²) in [5.41, 5.74) is 8.58. The van der Waals surface area contributed by atoms with Crippen LogP contribution in [0.5, 0.6) is 0 Å². The van der Waals surface area contributed by atoms with Gasteiger partial charge in [0.05, 0.1) is 12.1 Å². The fourth-order valence-corrected chi connectivity index (χ4v) is 2.66. The van der Waals surface area contributed by atoms with Gasteiger partial charge in [0.1, 0.15) is 5.01 Å². The number of rotatable bonds is 5. The van der Waals surface area contributed by atoms with Crippen LogP contribution in [0.15, 0.2) is 29.6 Å². The molecule has 1 atom stereocenters. The van der Waals surface area contributed by atoms with E-state index in [1.165, 1.54) is 5.56 Å². The van der Waals surface area contributed by atoms with E-state index in [4.69, 9.17) is 5.73 Å². The van der Waals surface area contributed by atoms with E-state index in [-0.39, 0.29) is 11.9 Å². The first kappa shape index (κ1) is 14.7. The van der Waals surface area contributed by atoms with Crippen LogP contribution in [0, 0.1) is 6.92 Å². The summed E-state index contributed by atoms with van der Waals surface area (Å²) in [5, 5.41) is 5.72. The molecule has 4 nitrogen and oxygen atoms in total. The molecule has 0 spiro atoms. The third kappa shape index (κ3) is 3.88. The average Bonchev–Trinajstić information content (AvgIpc) is 2.87. The summed E-state index contributed by atoms with van der Waals surface area (Å²) >= 11 is 1.56. The number of nitrogens with zero attached hydrogens (tertiary/aromatic N) is 1. The van der Waals surface area contributed by atoms with E-state index in [0.717, 1.165) is 16.3 Å².